The van der Waals surface area contributed by atoms with E-state index in [9.17, 15) is 4.79 Å². The minimum absolute atomic E-state index is 0.263. The Morgan fingerprint density at radius 3 is 2.71 bits per heavy atom. The number of nitrogens with zero attached hydrogens (tertiary/aromatic N) is 2. The van der Waals surface area contributed by atoms with Crippen molar-refractivity contribution in [2.75, 3.05) is 5.75 Å². The van der Waals surface area contributed by atoms with E-state index >= 15 is 0 Å². The van der Waals surface area contributed by atoms with Crippen molar-refractivity contribution >= 4 is 33.5 Å². The SMILES string of the molecule is CCn1nc(C)c(Br)c1CC(=O)CSC(C)C. The summed E-state index contributed by atoms with van der Waals surface area (Å²) in [5.41, 5.74) is 1.95. The first-order chi connectivity index (χ1) is 7.95. The van der Waals surface area contributed by atoms with Crippen molar-refractivity contribution in [2.45, 2.75) is 45.9 Å². The zero-order valence-corrected chi connectivity index (χ0v) is 13.2. The third-order valence-electron chi connectivity index (χ3n) is 2.40. The lowest BCUT2D eigenvalue weighted by Gasteiger charge is -2.06. The fourth-order valence-corrected chi connectivity index (χ4v) is 2.58. The lowest BCUT2D eigenvalue weighted by molar-refractivity contribution is -0.116. The molecular weight excluding hydrogens is 300 g/mol. The molecule has 1 rings (SSSR count). The van der Waals surface area contributed by atoms with Gasteiger partial charge in [-0.15, -0.1) is 0 Å². The van der Waals surface area contributed by atoms with Gasteiger partial charge < -0.3 is 0 Å². The van der Waals surface area contributed by atoms with Crippen LogP contribution >= 0.6 is 27.7 Å². The number of hydrogen-bond acceptors (Lipinski definition) is 3. The number of rotatable bonds is 6. The molecule has 0 saturated heterocycles. The van der Waals surface area contributed by atoms with Crippen molar-refractivity contribution in [1.82, 2.24) is 9.78 Å². The maximum Gasteiger partial charge on any atom is 0.148 e. The lowest BCUT2D eigenvalue weighted by Crippen LogP contribution is -2.12. The number of thioether (sulfide) groups is 1. The molecule has 96 valence electrons. The molecule has 0 spiro atoms. The van der Waals surface area contributed by atoms with Crippen molar-refractivity contribution in [3.05, 3.63) is 15.9 Å². The van der Waals surface area contributed by atoms with Crippen LogP contribution in [0.3, 0.4) is 0 Å². The first-order valence-corrected chi connectivity index (χ1v) is 7.65. The molecule has 0 amide bonds. The molecule has 0 N–H and O–H groups in total. The van der Waals surface area contributed by atoms with Crippen LogP contribution in [0.5, 0.6) is 0 Å². The van der Waals surface area contributed by atoms with Crippen LogP contribution in [-0.4, -0.2) is 26.6 Å². The predicted octanol–water partition coefficient (Wildman–Crippen LogP) is 3.23. The molecule has 0 atom stereocenters. The molecule has 1 aromatic rings. The molecule has 3 nitrogen and oxygen atoms in total. The highest BCUT2D eigenvalue weighted by Gasteiger charge is 2.15. The third-order valence-corrected chi connectivity index (χ3v) is 4.58. The first kappa shape index (κ1) is 14.8. The van der Waals surface area contributed by atoms with Crippen molar-refractivity contribution < 1.29 is 4.79 Å². The molecule has 0 unspecified atom stereocenters. The minimum atomic E-state index is 0.263. The standard InChI is InChI=1S/C12H19BrN2OS/c1-5-15-11(12(13)9(4)14-15)6-10(16)7-17-8(2)3/h8H,5-7H2,1-4H3. The maximum atomic E-state index is 11.9. The van der Waals surface area contributed by atoms with E-state index < -0.39 is 0 Å². The molecule has 0 aliphatic heterocycles. The molecule has 17 heavy (non-hydrogen) atoms. The van der Waals surface area contributed by atoms with E-state index in [1.54, 1.807) is 11.8 Å². The summed E-state index contributed by atoms with van der Waals surface area (Å²) in [6.45, 7) is 9.00. The Morgan fingerprint density at radius 2 is 2.18 bits per heavy atom. The number of aryl methyl sites for hydroxylation is 2. The average Bonchev–Trinajstić information content (AvgIpc) is 2.54. The van der Waals surface area contributed by atoms with E-state index in [2.05, 4.69) is 34.9 Å². The van der Waals surface area contributed by atoms with Gasteiger partial charge in [0.1, 0.15) is 5.78 Å². The molecule has 0 saturated carbocycles. The summed E-state index contributed by atoms with van der Waals surface area (Å²) in [5, 5.41) is 4.89. The van der Waals surface area contributed by atoms with Gasteiger partial charge in [0.05, 0.1) is 28.0 Å². The van der Waals surface area contributed by atoms with Crippen LogP contribution in [0.15, 0.2) is 4.47 Å². The Morgan fingerprint density at radius 1 is 1.53 bits per heavy atom. The number of aromatic nitrogens is 2. The lowest BCUT2D eigenvalue weighted by atomic mass is 10.2. The molecule has 0 radical (unpaired) electrons. The molecule has 5 heteroatoms. The molecule has 0 fully saturated rings. The Bertz CT molecular complexity index is 401. The highest BCUT2D eigenvalue weighted by molar-refractivity contribution is 9.10. The first-order valence-electron chi connectivity index (χ1n) is 5.80. The van der Waals surface area contributed by atoms with E-state index in [-0.39, 0.29) is 5.78 Å². The van der Waals surface area contributed by atoms with Crippen LogP contribution in [0.1, 0.15) is 32.2 Å². The van der Waals surface area contributed by atoms with Crippen molar-refractivity contribution in [1.29, 1.82) is 0 Å². The number of Topliss-reactive ketones (excluding diaryl/α,β-unsaturated/α-hetero) is 1. The number of carbonyl (C=O) groups is 1. The van der Waals surface area contributed by atoms with E-state index in [0.717, 1.165) is 22.4 Å². The summed E-state index contributed by atoms with van der Waals surface area (Å²) in [5.74, 6) is 0.844. The van der Waals surface area contributed by atoms with Gasteiger partial charge in [0.15, 0.2) is 0 Å². The van der Waals surface area contributed by atoms with Gasteiger partial charge in [0.2, 0.25) is 0 Å². The van der Waals surface area contributed by atoms with Crippen LogP contribution in [0.25, 0.3) is 0 Å². The number of ketones is 1. The van der Waals surface area contributed by atoms with E-state index in [0.29, 0.717) is 17.4 Å². The second kappa shape index (κ2) is 6.59. The molecule has 1 heterocycles. The fraction of sp³-hybridized carbons (Fsp3) is 0.667. The molecule has 0 aliphatic rings. The molecule has 0 aliphatic carbocycles. The normalized spacial score (nSPS) is 11.2. The molecule has 1 aromatic heterocycles. The minimum Gasteiger partial charge on any atom is -0.298 e. The van der Waals surface area contributed by atoms with Gasteiger partial charge in [0.25, 0.3) is 0 Å². The van der Waals surface area contributed by atoms with E-state index in [1.165, 1.54) is 0 Å². The second-order valence-corrected chi connectivity index (χ2v) is 6.59. The summed E-state index contributed by atoms with van der Waals surface area (Å²) in [6, 6.07) is 0. The van der Waals surface area contributed by atoms with Crippen LogP contribution < -0.4 is 0 Å². The number of hydrogen-bond donors (Lipinski definition) is 0. The molecule has 0 aromatic carbocycles. The zero-order chi connectivity index (χ0) is 13.0. The van der Waals surface area contributed by atoms with Crippen LogP contribution in [0.4, 0.5) is 0 Å². The zero-order valence-electron chi connectivity index (χ0n) is 10.8. The van der Waals surface area contributed by atoms with Crippen molar-refractivity contribution in [2.24, 2.45) is 0 Å². The second-order valence-electron chi connectivity index (χ2n) is 4.24. The van der Waals surface area contributed by atoms with Gasteiger partial charge in [-0.3, -0.25) is 9.48 Å². The average molecular weight is 319 g/mol. The Hall–Kier alpha value is -0.290. The highest BCUT2D eigenvalue weighted by Crippen LogP contribution is 2.22. The summed E-state index contributed by atoms with van der Waals surface area (Å²) < 4.78 is 2.87. The van der Waals surface area contributed by atoms with E-state index in [1.807, 2.05) is 18.5 Å². The smallest absolute Gasteiger partial charge is 0.148 e. The number of carbonyl (C=O) groups excluding carboxylic acids is 1. The van der Waals surface area contributed by atoms with Crippen molar-refractivity contribution in [3.63, 3.8) is 0 Å². The largest absolute Gasteiger partial charge is 0.298 e. The summed E-state index contributed by atoms with van der Waals surface area (Å²) >= 11 is 5.20. The monoisotopic (exact) mass is 318 g/mol. The quantitative estimate of drug-likeness (QED) is 0.807. The van der Waals surface area contributed by atoms with Gasteiger partial charge in [-0.1, -0.05) is 13.8 Å². The summed E-state index contributed by atoms with van der Waals surface area (Å²) in [6.07, 6.45) is 0.467. The number of halogens is 1. The predicted molar refractivity (Wildman–Crippen MR) is 76.6 cm³/mol. The molecular formula is C12H19BrN2OS. The van der Waals surface area contributed by atoms with Gasteiger partial charge in [-0.05, 0) is 35.0 Å². The Labute approximate surface area is 115 Å². The van der Waals surface area contributed by atoms with Gasteiger partial charge in [-0.2, -0.15) is 16.9 Å². The van der Waals surface area contributed by atoms with Crippen molar-refractivity contribution in [3.8, 4) is 0 Å². The molecule has 0 bridgehead atoms. The van der Waals surface area contributed by atoms with Crippen LogP contribution in [-0.2, 0) is 17.8 Å². The maximum absolute atomic E-state index is 11.9. The van der Waals surface area contributed by atoms with Gasteiger partial charge in [-0.25, -0.2) is 0 Å². The van der Waals surface area contributed by atoms with Gasteiger partial charge in [0, 0.05) is 6.54 Å². The summed E-state index contributed by atoms with van der Waals surface area (Å²) in [4.78, 5) is 11.9. The third kappa shape index (κ3) is 4.14. The van der Waals surface area contributed by atoms with Gasteiger partial charge >= 0.3 is 0 Å². The van der Waals surface area contributed by atoms with Crippen LogP contribution in [0, 0.1) is 6.92 Å². The fourth-order valence-electron chi connectivity index (χ4n) is 1.54. The highest BCUT2D eigenvalue weighted by atomic mass is 79.9. The topological polar surface area (TPSA) is 34.9 Å². The summed E-state index contributed by atoms with van der Waals surface area (Å²) in [7, 11) is 0. The Balaban J connectivity index is 2.70. The van der Waals surface area contributed by atoms with Crippen LogP contribution in [0.2, 0.25) is 0 Å². The Kier molecular flexibility index (Phi) is 5.73. The van der Waals surface area contributed by atoms with E-state index in [4.69, 9.17) is 0 Å².